The molecular formula is C15H18O3. The monoisotopic (exact) mass is 246 g/mol. The third-order valence-electron chi connectivity index (χ3n) is 4.56. The molecule has 3 nitrogen and oxygen atoms in total. The van der Waals surface area contributed by atoms with Gasteiger partial charge in [0.15, 0.2) is 0 Å². The summed E-state index contributed by atoms with van der Waals surface area (Å²) in [7, 11) is 0. The van der Waals surface area contributed by atoms with Gasteiger partial charge in [-0.05, 0) is 31.4 Å². The van der Waals surface area contributed by atoms with Crippen molar-refractivity contribution in [1.82, 2.24) is 0 Å². The van der Waals surface area contributed by atoms with Crippen LogP contribution in [0.3, 0.4) is 0 Å². The molecule has 1 aromatic rings. The van der Waals surface area contributed by atoms with Gasteiger partial charge in [0.2, 0.25) is 0 Å². The Morgan fingerprint density at radius 3 is 2.78 bits per heavy atom. The molecule has 1 spiro atoms. The summed E-state index contributed by atoms with van der Waals surface area (Å²) < 4.78 is 11.9. The lowest BCUT2D eigenvalue weighted by atomic mass is 9.91. The second-order valence-corrected chi connectivity index (χ2v) is 6.02. The van der Waals surface area contributed by atoms with E-state index >= 15 is 0 Å². The van der Waals surface area contributed by atoms with Gasteiger partial charge >= 0.3 is 0 Å². The first kappa shape index (κ1) is 10.7. The van der Waals surface area contributed by atoms with E-state index in [1.807, 2.05) is 0 Å². The smallest absolute Gasteiger partial charge is 0.129 e. The Balaban J connectivity index is 1.69. The molecule has 1 aliphatic heterocycles. The number of ether oxygens (including phenoxy) is 2. The lowest BCUT2D eigenvalue weighted by molar-refractivity contribution is -0.0113. The summed E-state index contributed by atoms with van der Waals surface area (Å²) in [6.07, 6.45) is 3.97. The molecule has 0 atom stereocenters. The van der Waals surface area contributed by atoms with Gasteiger partial charge in [0.25, 0.3) is 0 Å². The van der Waals surface area contributed by atoms with Crippen molar-refractivity contribution >= 4 is 0 Å². The molecule has 3 heteroatoms. The van der Waals surface area contributed by atoms with Crippen LogP contribution in [0.25, 0.3) is 0 Å². The largest absolute Gasteiger partial charge is 0.492 e. The van der Waals surface area contributed by atoms with Crippen molar-refractivity contribution in [1.29, 1.82) is 0 Å². The number of aliphatic hydroxyl groups excluding tert-OH is 1. The quantitative estimate of drug-likeness (QED) is 0.870. The number of hydrogen-bond acceptors (Lipinski definition) is 3. The highest BCUT2D eigenvalue weighted by atomic mass is 16.5. The minimum atomic E-state index is -0.167. The van der Waals surface area contributed by atoms with E-state index in [2.05, 4.69) is 19.1 Å². The van der Waals surface area contributed by atoms with Crippen LogP contribution in [-0.4, -0.2) is 23.9 Å². The molecule has 0 unspecified atom stereocenters. The second kappa shape index (κ2) is 3.41. The molecule has 0 saturated heterocycles. The normalized spacial score (nSPS) is 30.6. The zero-order valence-corrected chi connectivity index (χ0v) is 10.6. The average molecular weight is 246 g/mol. The van der Waals surface area contributed by atoms with Crippen molar-refractivity contribution in [3.8, 4) is 11.5 Å². The van der Waals surface area contributed by atoms with Crippen molar-refractivity contribution in [3.63, 3.8) is 0 Å². The molecule has 18 heavy (non-hydrogen) atoms. The molecule has 1 N–H and O–H groups in total. The van der Waals surface area contributed by atoms with Gasteiger partial charge in [-0.15, -0.1) is 0 Å². The SMILES string of the molecule is Cc1ccc(O[C@H]2C[C@H](O)C2)c2c1OCC21CC1. The summed E-state index contributed by atoms with van der Waals surface area (Å²) in [5.41, 5.74) is 2.75. The Kier molecular flexibility index (Phi) is 2.03. The highest BCUT2D eigenvalue weighted by Gasteiger charge is 2.53. The van der Waals surface area contributed by atoms with Crippen molar-refractivity contribution in [2.75, 3.05) is 6.61 Å². The molecule has 96 valence electrons. The minimum Gasteiger partial charge on any atom is -0.492 e. The van der Waals surface area contributed by atoms with Crippen LogP contribution < -0.4 is 9.47 Å². The van der Waals surface area contributed by atoms with Gasteiger partial charge in [-0.25, -0.2) is 0 Å². The first-order valence-corrected chi connectivity index (χ1v) is 6.80. The van der Waals surface area contributed by atoms with Crippen LogP contribution in [0.2, 0.25) is 0 Å². The molecule has 0 radical (unpaired) electrons. The van der Waals surface area contributed by atoms with Gasteiger partial charge in [-0.3, -0.25) is 0 Å². The topological polar surface area (TPSA) is 38.7 Å². The molecule has 1 aromatic carbocycles. The molecule has 2 aliphatic carbocycles. The van der Waals surface area contributed by atoms with E-state index in [-0.39, 0.29) is 17.6 Å². The minimum absolute atomic E-state index is 0.167. The fourth-order valence-electron chi connectivity index (χ4n) is 3.10. The summed E-state index contributed by atoms with van der Waals surface area (Å²) in [6, 6.07) is 4.15. The predicted molar refractivity (Wildman–Crippen MR) is 67.2 cm³/mol. The van der Waals surface area contributed by atoms with Crippen LogP contribution in [0.5, 0.6) is 11.5 Å². The van der Waals surface area contributed by atoms with E-state index < -0.39 is 0 Å². The van der Waals surface area contributed by atoms with E-state index in [0.29, 0.717) is 0 Å². The Hall–Kier alpha value is -1.22. The fraction of sp³-hybridized carbons (Fsp3) is 0.600. The van der Waals surface area contributed by atoms with Crippen LogP contribution in [0, 0.1) is 6.92 Å². The van der Waals surface area contributed by atoms with Gasteiger partial charge in [0.1, 0.15) is 17.6 Å². The average Bonchev–Trinajstić information content (AvgIpc) is 2.96. The first-order valence-electron chi connectivity index (χ1n) is 6.80. The number of benzene rings is 1. The number of rotatable bonds is 2. The van der Waals surface area contributed by atoms with Gasteiger partial charge in [-0.1, -0.05) is 6.07 Å². The van der Waals surface area contributed by atoms with E-state index in [0.717, 1.165) is 30.9 Å². The molecule has 1 heterocycles. The Morgan fingerprint density at radius 2 is 2.11 bits per heavy atom. The van der Waals surface area contributed by atoms with E-state index in [1.54, 1.807) is 0 Å². The van der Waals surface area contributed by atoms with Crippen LogP contribution in [-0.2, 0) is 5.41 Å². The third kappa shape index (κ3) is 1.40. The molecule has 3 aliphatic rings. The molecule has 4 rings (SSSR count). The summed E-state index contributed by atoms with van der Waals surface area (Å²) >= 11 is 0. The van der Waals surface area contributed by atoms with E-state index in [4.69, 9.17) is 9.47 Å². The maximum Gasteiger partial charge on any atom is 0.129 e. The van der Waals surface area contributed by atoms with Crippen LogP contribution >= 0.6 is 0 Å². The number of fused-ring (bicyclic) bond motifs is 2. The molecule has 0 bridgehead atoms. The van der Waals surface area contributed by atoms with Crippen molar-refractivity contribution in [2.45, 2.75) is 50.2 Å². The molecule has 0 aromatic heterocycles. The van der Waals surface area contributed by atoms with Gasteiger partial charge in [0, 0.05) is 23.8 Å². The Labute approximate surface area is 107 Å². The Morgan fingerprint density at radius 1 is 1.33 bits per heavy atom. The number of aliphatic hydroxyl groups is 1. The van der Waals surface area contributed by atoms with Gasteiger partial charge in [-0.2, -0.15) is 0 Å². The fourth-order valence-corrected chi connectivity index (χ4v) is 3.10. The van der Waals surface area contributed by atoms with Gasteiger partial charge < -0.3 is 14.6 Å². The maximum absolute atomic E-state index is 9.34. The van der Waals surface area contributed by atoms with Gasteiger partial charge in [0.05, 0.1) is 12.7 Å². The Bertz CT molecular complexity index is 499. The lowest BCUT2D eigenvalue weighted by Gasteiger charge is -2.32. The highest BCUT2D eigenvalue weighted by molar-refractivity contribution is 5.58. The number of hydrogen-bond donors (Lipinski definition) is 1. The predicted octanol–water partition coefficient (Wildman–Crippen LogP) is 2.32. The summed E-state index contributed by atoms with van der Waals surface area (Å²) in [5, 5.41) is 9.34. The van der Waals surface area contributed by atoms with Crippen molar-refractivity contribution in [2.24, 2.45) is 0 Å². The van der Waals surface area contributed by atoms with E-state index in [9.17, 15) is 5.11 Å². The maximum atomic E-state index is 9.34. The van der Waals surface area contributed by atoms with Crippen LogP contribution in [0.1, 0.15) is 36.8 Å². The van der Waals surface area contributed by atoms with Crippen LogP contribution in [0.15, 0.2) is 12.1 Å². The van der Waals surface area contributed by atoms with Crippen molar-refractivity contribution in [3.05, 3.63) is 23.3 Å². The lowest BCUT2D eigenvalue weighted by Crippen LogP contribution is -2.37. The van der Waals surface area contributed by atoms with Crippen LogP contribution in [0.4, 0.5) is 0 Å². The van der Waals surface area contributed by atoms with E-state index in [1.165, 1.54) is 24.0 Å². The highest BCUT2D eigenvalue weighted by Crippen LogP contribution is 2.59. The standard InChI is InChI=1S/C15H18O3/c1-9-2-3-12(18-11-6-10(16)7-11)13-14(9)17-8-15(13)4-5-15/h2-3,10-11,16H,4-8H2,1H3/t10-,11-. The molecule has 2 fully saturated rings. The first-order chi connectivity index (χ1) is 8.68. The molecule has 0 amide bonds. The molecule has 2 saturated carbocycles. The second-order valence-electron chi connectivity index (χ2n) is 6.02. The van der Waals surface area contributed by atoms with Crippen molar-refractivity contribution < 1.29 is 14.6 Å². The number of aryl methyl sites for hydroxylation is 1. The zero-order valence-electron chi connectivity index (χ0n) is 10.6. The third-order valence-corrected chi connectivity index (χ3v) is 4.56. The summed E-state index contributed by atoms with van der Waals surface area (Å²) in [5.74, 6) is 2.03. The summed E-state index contributed by atoms with van der Waals surface area (Å²) in [6.45, 7) is 2.91. The summed E-state index contributed by atoms with van der Waals surface area (Å²) in [4.78, 5) is 0. The molecular weight excluding hydrogens is 228 g/mol. The zero-order chi connectivity index (χ0) is 12.3.